The predicted octanol–water partition coefficient (Wildman–Crippen LogP) is 2.54. The lowest BCUT2D eigenvalue weighted by Crippen LogP contribution is -2.33. The third-order valence-electron chi connectivity index (χ3n) is 5.41. The summed E-state index contributed by atoms with van der Waals surface area (Å²) >= 11 is 1.90. The van der Waals surface area contributed by atoms with Gasteiger partial charge in [-0.25, -0.2) is 18.9 Å². The van der Waals surface area contributed by atoms with Crippen LogP contribution in [0.5, 0.6) is 0 Å². The maximum Gasteiger partial charge on any atom is 0.351 e. The summed E-state index contributed by atoms with van der Waals surface area (Å²) < 4.78 is 2.79. The standard InChI is InChI=1S/C22H22N6O2S/c1-15-6-2-3-7-16(15)23-19(29)14-27-22(30)28-18-9-5-4-8-17(18)24-20(21(28)25-27)26-10-12-31-13-11-26/h2-9H,10-14H2,1H3,(H,23,29). The summed E-state index contributed by atoms with van der Waals surface area (Å²) in [5, 5.41) is 7.41. The molecule has 0 radical (unpaired) electrons. The highest BCUT2D eigenvalue weighted by atomic mass is 32.2. The van der Waals surface area contributed by atoms with Gasteiger partial charge >= 0.3 is 5.69 Å². The average molecular weight is 435 g/mol. The molecule has 1 fully saturated rings. The molecule has 8 nitrogen and oxygen atoms in total. The van der Waals surface area contributed by atoms with E-state index in [1.807, 2.05) is 67.2 Å². The Balaban J connectivity index is 1.57. The van der Waals surface area contributed by atoms with Crippen LogP contribution in [0.25, 0.3) is 16.7 Å². The molecule has 0 atom stereocenters. The van der Waals surface area contributed by atoms with Crippen LogP contribution in [-0.4, -0.2) is 49.7 Å². The lowest BCUT2D eigenvalue weighted by molar-refractivity contribution is -0.117. The van der Waals surface area contributed by atoms with Gasteiger partial charge in [-0.3, -0.25) is 4.79 Å². The van der Waals surface area contributed by atoms with Crippen LogP contribution >= 0.6 is 11.8 Å². The van der Waals surface area contributed by atoms with Crippen molar-refractivity contribution in [3.63, 3.8) is 0 Å². The number of para-hydroxylation sites is 3. The molecule has 1 aliphatic rings. The SMILES string of the molecule is Cc1ccccc1NC(=O)Cn1nc2c(N3CCSCC3)nc3ccccc3n2c1=O. The van der Waals surface area contributed by atoms with E-state index < -0.39 is 0 Å². The molecule has 1 amide bonds. The number of carbonyl (C=O) groups excluding carboxylic acids is 1. The van der Waals surface area contributed by atoms with Gasteiger partial charge in [0.2, 0.25) is 11.6 Å². The van der Waals surface area contributed by atoms with Gasteiger partial charge in [-0.2, -0.15) is 11.8 Å². The fourth-order valence-corrected chi connectivity index (χ4v) is 4.71. The Morgan fingerprint density at radius 2 is 1.84 bits per heavy atom. The summed E-state index contributed by atoms with van der Waals surface area (Å²) in [7, 11) is 0. The van der Waals surface area contributed by atoms with Crippen molar-refractivity contribution in [2.24, 2.45) is 0 Å². The van der Waals surface area contributed by atoms with Crippen LogP contribution in [0.1, 0.15) is 5.56 Å². The van der Waals surface area contributed by atoms with Crippen LogP contribution < -0.4 is 15.9 Å². The third-order valence-corrected chi connectivity index (χ3v) is 6.35. The molecule has 0 saturated carbocycles. The van der Waals surface area contributed by atoms with E-state index in [-0.39, 0.29) is 18.1 Å². The van der Waals surface area contributed by atoms with Crippen LogP contribution in [0.2, 0.25) is 0 Å². The van der Waals surface area contributed by atoms with Crippen LogP contribution in [0, 0.1) is 6.92 Å². The van der Waals surface area contributed by atoms with Crippen molar-refractivity contribution < 1.29 is 4.79 Å². The van der Waals surface area contributed by atoms with Gasteiger partial charge in [-0.1, -0.05) is 30.3 Å². The van der Waals surface area contributed by atoms with Gasteiger partial charge < -0.3 is 10.2 Å². The molecular formula is C22H22N6O2S. The number of carbonyl (C=O) groups is 1. The molecule has 0 unspecified atom stereocenters. The number of amides is 1. The summed E-state index contributed by atoms with van der Waals surface area (Å²) in [5.41, 5.74) is 3.24. The van der Waals surface area contributed by atoms with Crippen LogP contribution in [-0.2, 0) is 11.3 Å². The number of rotatable bonds is 4. The number of hydrogen-bond acceptors (Lipinski definition) is 6. The second kappa shape index (κ2) is 8.07. The lowest BCUT2D eigenvalue weighted by atomic mass is 10.2. The number of thioether (sulfide) groups is 1. The highest BCUT2D eigenvalue weighted by molar-refractivity contribution is 7.99. The molecule has 3 heterocycles. The highest BCUT2D eigenvalue weighted by Crippen LogP contribution is 2.24. The number of aromatic nitrogens is 4. The topological polar surface area (TPSA) is 84.5 Å². The molecule has 2 aromatic heterocycles. The van der Waals surface area contributed by atoms with Crippen molar-refractivity contribution in [2.75, 3.05) is 34.8 Å². The Morgan fingerprint density at radius 1 is 1.10 bits per heavy atom. The summed E-state index contributed by atoms with van der Waals surface area (Å²) in [4.78, 5) is 32.9. The Labute approximate surface area is 182 Å². The maximum absolute atomic E-state index is 13.3. The summed E-state index contributed by atoms with van der Waals surface area (Å²) in [6, 6.07) is 15.1. The van der Waals surface area contributed by atoms with Crippen LogP contribution in [0.15, 0.2) is 53.3 Å². The monoisotopic (exact) mass is 434 g/mol. The number of fused-ring (bicyclic) bond motifs is 3. The fourth-order valence-electron chi connectivity index (χ4n) is 3.81. The van der Waals surface area contributed by atoms with Crippen molar-refractivity contribution in [2.45, 2.75) is 13.5 Å². The van der Waals surface area contributed by atoms with Crippen molar-refractivity contribution >= 4 is 45.9 Å². The summed E-state index contributed by atoms with van der Waals surface area (Å²) in [6.07, 6.45) is 0. The van der Waals surface area contributed by atoms with Gasteiger partial charge in [0, 0.05) is 30.3 Å². The number of nitrogens with one attached hydrogen (secondary N) is 1. The highest BCUT2D eigenvalue weighted by Gasteiger charge is 2.22. The molecule has 5 rings (SSSR count). The normalized spacial score (nSPS) is 14.3. The first-order chi connectivity index (χ1) is 15.1. The van der Waals surface area contributed by atoms with Gasteiger partial charge in [-0.05, 0) is 30.7 Å². The maximum atomic E-state index is 13.3. The third kappa shape index (κ3) is 3.65. The van der Waals surface area contributed by atoms with Crippen molar-refractivity contribution in [1.82, 2.24) is 19.2 Å². The average Bonchev–Trinajstić information content (AvgIpc) is 3.11. The first kappa shape index (κ1) is 19.6. The molecule has 1 saturated heterocycles. The van der Waals surface area contributed by atoms with E-state index in [4.69, 9.17) is 4.98 Å². The molecule has 158 valence electrons. The van der Waals surface area contributed by atoms with Gasteiger partial charge in [0.25, 0.3) is 0 Å². The quantitative estimate of drug-likeness (QED) is 0.531. The summed E-state index contributed by atoms with van der Waals surface area (Å²) in [6.45, 7) is 3.45. The van der Waals surface area contributed by atoms with E-state index in [0.717, 1.165) is 41.4 Å². The van der Waals surface area contributed by atoms with Crippen molar-refractivity contribution in [3.8, 4) is 0 Å². The van der Waals surface area contributed by atoms with E-state index in [9.17, 15) is 9.59 Å². The predicted molar refractivity (Wildman–Crippen MR) is 124 cm³/mol. The minimum atomic E-state index is -0.346. The zero-order valence-corrected chi connectivity index (χ0v) is 17.9. The van der Waals surface area contributed by atoms with Crippen LogP contribution in [0.3, 0.4) is 0 Å². The Morgan fingerprint density at radius 3 is 2.65 bits per heavy atom. The van der Waals surface area contributed by atoms with E-state index in [2.05, 4.69) is 15.3 Å². The number of nitrogens with zero attached hydrogens (tertiary/aromatic N) is 5. The van der Waals surface area contributed by atoms with Crippen molar-refractivity contribution in [3.05, 3.63) is 64.6 Å². The zero-order valence-electron chi connectivity index (χ0n) is 17.1. The molecule has 1 aliphatic heterocycles. The van der Waals surface area contributed by atoms with Crippen molar-refractivity contribution in [1.29, 1.82) is 0 Å². The van der Waals surface area contributed by atoms with Crippen LogP contribution in [0.4, 0.5) is 11.5 Å². The van der Waals surface area contributed by atoms with E-state index in [1.54, 1.807) is 4.40 Å². The number of aryl methyl sites for hydroxylation is 1. The first-order valence-corrected chi connectivity index (χ1v) is 11.3. The zero-order chi connectivity index (χ0) is 21.4. The van der Waals surface area contributed by atoms with Gasteiger partial charge in [0.15, 0.2) is 5.82 Å². The molecule has 0 spiro atoms. The summed E-state index contributed by atoms with van der Waals surface area (Å²) in [5.74, 6) is 2.40. The first-order valence-electron chi connectivity index (χ1n) is 10.2. The molecule has 9 heteroatoms. The van der Waals surface area contributed by atoms with Gasteiger partial charge in [0.1, 0.15) is 6.54 Å². The smallest absolute Gasteiger partial charge is 0.351 e. The minimum Gasteiger partial charge on any atom is -0.352 e. The Kier molecular flexibility index (Phi) is 5.11. The van der Waals surface area contributed by atoms with Gasteiger partial charge in [0.05, 0.1) is 11.0 Å². The number of benzene rings is 2. The Bertz CT molecular complexity index is 1340. The van der Waals surface area contributed by atoms with E-state index >= 15 is 0 Å². The van der Waals surface area contributed by atoms with Gasteiger partial charge in [-0.15, -0.1) is 5.10 Å². The molecule has 2 aromatic carbocycles. The second-order valence-electron chi connectivity index (χ2n) is 7.49. The molecule has 1 N–H and O–H groups in total. The molecule has 0 bridgehead atoms. The fraction of sp³-hybridized carbons (Fsp3) is 0.273. The lowest BCUT2D eigenvalue weighted by Gasteiger charge is -2.27. The Hall–Kier alpha value is -3.33. The second-order valence-corrected chi connectivity index (χ2v) is 8.71. The minimum absolute atomic E-state index is 0.168. The molecule has 0 aliphatic carbocycles. The largest absolute Gasteiger partial charge is 0.352 e. The number of hydrogen-bond donors (Lipinski definition) is 1. The molecule has 31 heavy (non-hydrogen) atoms. The van der Waals surface area contributed by atoms with E-state index in [0.29, 0.717) is 17.0 Å². The van der Waals surface area contributed by atoms with E-state index in [1.165, 1.54) is 4.68 Å². The number of anilines is 2. The molecule has 4 aromatic rings. The molecular weight excluding hydrogens is 412 g/mol.